The molecule has 1 atom stereocenters. The lowest BCUT2D eigenvalue weighted by Gasteiger charge is -2.28. The van der Waals surface area contributed by atoms with Crippen LogP contribution >= 0.6 is 0 Å². The van der Waals surface area contributed by atoms with E-state index in [0.717, 1.165) is 18.7 Å². The van der Waals surface area contributed by atoms with E-state index >= 15 is 0 Å². The fraction of sp³-hybridized carbons (Fsp3) is 0.545. The standard InChI is InChI=1S/C11H16N2O/c1-8-7-13-10(6-11(8)14)9-4-2-3-5-12-9/h6,9,12-13H,1-5,7H2. The van der Waals surface area contributed by atoms with E-state index in [-0.39, 0.29) is 5.78 Å². The van der Waals surface area contributed by atoms with E-state index < -0.39 is 0 Å². The molecule has 1 fully saturated rings. The lowest BCUT2D eigenvalue weighted by atomic mass is 9.98. The molecule has 3 nitrogen and oxygen atoms in total. The molecule has 0 aromatic carbocycles. The topological polar surface area (TPSA) is 41.1 Å². The average molecular weight is 192 g/mol. The van der Waals surface area contributed by atoms with E-state index in [1.807, 2.05) is 0 Å². The Morgan fingerprint density at radius 3 is 2.93 bits per heavy atom. The minimum atomic E-state index is 0.0751. The largest absolute Gasteiger partial charge is 0.383 e. The molecule has 1 saturated heterocycles. The van der Waals surface area contributed by atoms with Crippen LogP contribution < -0.4 is 10.6 Å². The van der Waals surface area contributed by atoms with Gasteiger partial charge in [0.2, 0.25) is 0 Å². The molecule has 14 heavy (non-hydrogen) atoms. The molecular formula is C11H16N2O. The fourth-order valence-electron chi connectivity index (χ4n) is 1.93. The van der Waals surface area contributed by atoms with Crippen molar-refractivity contribution in [3.05, 3.63) is 23.9 Å². The van der Waals surface area contributed by atoms with E-state index in [1.165, 1.54) is 12.8 Å². The highest BCUT2D eigenvalue weighted by Gasteiger charge is 2.21. The van der Waals surface area contributed by atoms with Crippen LogP contribution in [0.15, 0.2) is 23.9 Å². The Morgan fingerprint density at radius 2 is 2.29 bits per heavy atom. The quantitative estimate of drug-likeness (QED) is 0.602. The summed E-state index contributed by atoms with van der Waals surface area (Å²) in [6.07, 6.45) is 5.30. The minimum Gasteiger partial charge on any atom is -0.383 e. The maximum atomic E-state index is 11.4. The van der Waals surface area contributed by atoms with E-state index in [0.29, 0.717) is 18.2 Å². The van der Waals surface area contributed by atoms with Crippen molar-refractivity contribution < 1.29 is 4.79 Å². The van der Waals surface area contributed by atoms with Crippen molar-refractivity contribution >= 4 is 5.78 Å². The highest BCUT2D eigenvalue weighted by atomic mass is 16.1. The predicted molar refractivity (Wildman–Crippen MR) is 55.9 cm³/mol. The van der Waals surface area contributed by atoms with Crippen LogP contribution in [0.1, 0.15) is 19.3 Å². The number of nitrogens with one attached hydrogen (secondary N) is 2. The van der Waals surface area contributed by atoms with Gasteiger partial charge in [0.25, 0.3) is 0 Å². The highest BCUT2D eigenvalue weighted by Crippen LogP contribution is 2.16. The number of allylic oxidation sites excluding steroid dienone is 1. The molecule has 2 heterocycles. The Balaban J connectivity index is 2.06. The van der Waals surface area contributed by atoms with Crippen LogP contribution in [0.5, 0.6) is 0 Å². The first-order valence-electron chi connectivity index (χ1n) is 5.18. The number of hydrogen-bond acceptors (Lipinski definition) is 3. The summed E-state index contributed by atoms with van der Waals surface area (Å²) < 4.78 is 0. The summed E-state index contributed by atoms with van der Waals surface area (Å²) in [6, 6.07) is 0.348. The van der Waals surface area contributed by atoms with E-state index in [9.17, 15) is 4.79 Å². The van der Waals surface area contributed by atoms with Gasteiger partial charge < -0.3 is 10.6 Å². The Morgan fingerprint density at radius 1 is 1.43 bits per heavy atom. The molecule has 0 aliphatic carbocycles. The Labute approximate surface area is 84.3 Å². The zero-order chi connectivity index (χ0) is 9.97. The van der Waals surface area contributed by atoms with Gasteiger partial charge in [-0.2, -0.15) is 0 Å². The van der Waals surface area contributed by atoms with Gasteiger partial charge in [-0.15, -0.1) is 0 Å². The molecule has 0 saturated carbocycles. The zero-order valence-electron chi connectivity index (χ0n) is 8.31. The predicted octanol–water partition coefficient (Wildman–Crippen LogP) is 0.741. The summed E-state index contributed by atoms with van der Waals surface area (Å²) in [6.45, 7) is 5.35. The Hall–Kier alpha value is -1.09. The first-order valence-corrected chi connectivity index (χ1v) is 5.18. The summed E-state index contributed by atoms with van der Waals surface area (Å²) in [5, 5.41) is 6.66. The second-order valence-electron chi connectivity index (χ2n) is 3.92. The summed E-state index contributed by atoms with van der Waals surface area (Å²) in [5.41, 5.74) is 1.70. The van der Waals surface area contributed by atoms with Crippen LogP contribution in [0.2, 0.25) is 0 Å². The van der Waals surface area contributed by atoms with Crippen molar-refractivity contribution in [2.24, 2.45) is 0 Å². The maximum Gasteiger partial charge on any atom is 0.184 e. The zero-order valence-corrected chi connectivity index (χ0v) is 8.31. The van der Waals surface area contributed by atoms with E-state index in [4.69, 9.17) is 0 Å². The molecule has 2 aliphatic heterocycles. The second-order valence-corrected chi connectivity index (χ2v) is 3.92. The number of carbonyl (C=O) groups excluding carboxylic acids is 1. The smallest absolute Gasteiger partial charge is 0.184 e. The van der Waals surface area contributed by atoms with E-state index in [2.05, 4.69) is 17.2 Å². The maximum absolute atomic E-state index is 11.4. The number of piperidine rings is 1. The molecule has 0 radical (unpaired) electrons. The molecule has 0 aromatic heterocycles. The van der Waals surface area contributed by atoms with Crippen molar-refractivity contribution in [2.75, 3.05) is 13.1 Å². The molecule has 0 amide bonds. The van der Waals surface area contributed by atoms with Crippen LogP contribution in [-0.4, -0.2) is 24.9 Å². The monoisotopic (exact) mass is 192 g/mol. The molecular weight excluding hydrogens is 176 g/mol. The molecule has 0 aromatic rings. The molecule has 0 spiro atoms. The molecule has 2 rings (SSSR count). The summed E-state index contributed by atoms with van der Waals surface area (Å²) >= 11 is 0. The van der Waals surface area contributed by atoms with Crippen LogP contribution in [0.3, 0.4) is 0 Å². The Kier molecular flexibility index (Phi) is 2.68. The average Bonchev–Trinajstić information content (AvgIpc) is 2.23. The normalized spacial score (nSPS) is 28.3. The van der Waals surface area contributed by atoms with Crippen LogP contribution in [0.25, 0.3) is 0 Å². The second kappa shape index (κ2) is 3.96. The third-order valence-electron chi connectivity index (χ3n) is 2.83. The molecule has 3 heteroatoms. The van der Waals surface area contributed by atoms with Crippen LogP contribution in [0, 0.1) is 0 Å². The lowest BCUT2D eigenvalue weighted by Crippen LogP contribution is -2.42. The first-order chi connectivity index (χ1) is 6.77. The van der Waals surface area contributed by atoms with Gasteiger partial charge in [-0.05, 0) is 19.4 Å². The van der Waals surface area contributed by atoms with Crippen molar-refractivity contribution in [3.63, 3.8) is 0 Å². The van der Waals surface area contributed by atoms with Crippen molar-refractivity contribution in [3.8, 4) is 0 Å². The third-order valence-corrected chi connectivity index (χ3v) is 2.83. The molecule has 2 aliphatic rings. The molecule has 2 N–H and O–H groups in total. The number of rotatable bonds is 1. The van der Waals surface area contributed by atoms with Crippen molar-refractivity contribution in [1.82, 2.24) is 10.6 Å². The van der Waals surface area contributed by atoms with E-state index in [1.54, 1.807) is 6.08 Å². The van der Waals surface area contributed by atoms with Gasteiger partial charge in [-0.1, -0.05) is 13.0 Å². The third kappa shape index (κ3) is 1.87. The first kappa shape index (κ1) is 9.46. The van der Waals surface area contributed by atoms with Gasteiger partial charge in [0.1, 0.15) is 0 Å². The van der Waals surface area contributed by atoms with Crippen LogP contribution in [-0.2, 0) is 4.79 Å². The highest BCUT2D eigenvalue weighted by molar-refractivity contribution is 6.05. The fourth-order valence-corrected chi connectivity index (χ4v) is 1.93. The molecule has 1 unspecified atom stereocenters. The SMILES string of the molecule is C=C1CNC(C2CCCCN2)=CC1=O. The van der Waals surface area contributed by atoms with Gasteiger partial charge in [0, 0.05) is 29.9 Å². The van der Waals surface area contributed by atoms with Crippen LogP contribution in [0.4, 0.5) is 0 Å². The number of hydrogen-bond donors (Lipinski definition) is 2. The Bertz CT molecular complexity index is 288. The number of carbonyl (C=O) groups is 1. The lowest BCUT2D eigenvalue weighted by molar-refractivity contribution is -0.111. The molecule has 0 bridgehead atoms. The minimum absolute atomic E-state index is 0.0751. The molecule has 76 valence electrons. The summed E-state index contributed by atoms with van der Waals surface area (Å²) in [4.78, 5) is 11.4. The van der Waals surface area contributed by atoms with Gasteiger partial charge in [-0.25, -0.2) is 0 Å². The van der Waals surface area contributed by atoms with Gasteiger partial charge in [-0.3, -0.25) is 4.79 Å². The van der Waals surface area contributed by atoms with Gasteiger partial charge in [0.15, 0.2) is 5.78 Å². The van der Waals surface area contributed by atoms with Crippen molar-refractivity contribution in [2.45, 2.75) is 25.3 Å². The number of ketones is 1. The summed E-state index contributed by atoms with van der Waals surface area (Å²) in [7, 11) is 0. The van der Waals surface area contributed by atoms with Crippen molar-refractivity contribution in [1.29, 1.82) is 0 Å². The van der Waals surface area contributed by atoms with Gasteiger partial charge in [0.05, 0.1) is 0 Å². The summed E-state index contributed by atoms with van der Waals surface area (Å²) in [5.74, 6) is 0.0751. The van der Waals surface area contributed by atoms with Gasteiger partial charge >= 0.3 is 0 Å².